The zero-order valence-corrected chi connectivity index (χ0v) is 13.4. The molecule has 1 aromatic carbocycles. The van der Waals surface area contributed by atoms with Gasteiger partial charge in [-0.1, -0.05) is 26.0 Å². The molecule has 0 atom stereocenters. The summed E-state index contributed by atoms with van der Waals surface area (Å²) in [6.45, 7) is 4.52. The second-order valence-electron chi connectivity index (χ2n) is 5.59. The van der Waals surface area contributed by atoms with Crippen LogP contribution in [0.1, 0.15) is 25.0 Å². The Bertz CT molecular complexity index is 688. The van der Waals surface area contributed by atoms with Gasteiger partial charge in [-0.2, -0.15) is 5.10 Å². The Hall–Kier alpha value is -1.66. The van der Waals surface area contributed by atoms with Crippen LogP contribution in [0.25, 0.3) is 0 Å². The first-order chi connectivity index (χ1) is 9.87. The monoisotopic (exact) mass is 307 g/mol. The molecule has 21 heavy (non-hydrogen) atoms. The predicted octanol–water partition coefficient (Wildman–Crippen LogP) is 2.10. The summed E-state index contributed by atoms with van der Waals surface area (Å²) in [5.41, 5.74) is 1.98. The maximum atomic E-state index is 12.2. The van der Waals surface area contributed by atoms with Crippen molar-refractivity contribution in [2.24, 2.45) is 13.0 Å². The molecular formula is C15H21N3O2S. The fourth-order valence-electron chi connectivity index (χ4n) is 2.10. The van der Waals surface area contributed by atoms with Crippen molar-refractivity contribution in [3.8, 4) is 0 Å². The number of nitrogens with one attached hydrogen (secondary N) is 1. The third-order valence-electron chi connectivity index (χ3n) is 3.10. The number of nitrogens with zero attached hydrogens (tertiary/aromatic N) is 2. The van der Waals surface area contributed by atoms with Gasteiger partial charge in [-0.05, 0) is 30.0 Å². The third-order valence-corrected chi connectivity index (χ3v) is 4.52. The third kappa shape index (κ3) is 4.41. The lowest BCUT2D eigenvalue weighted by molar-refractivity contribution is 0.581. The SMILES string of the molecule is CC(C)Cc1ccc(S(=O)(=O)NCc2cnn(C)c2)cc1. The van der Waals surface area contributed by atoms with Gasteiger partial charge >= 0.3 is 0 Å². The molecule has 1 aromatic heterocycles. The van der Waals surface area contributed by atoms with Gasteiger partial charge in [0, 0.05) is 25.4 Å². The second-order valence-corrected chi connectivity index (χ2v) is 7.36. The first-order valence-electron chi connectivity index (χ1n) is 6.93. The van der Waals surface area contributed by atoms with Crippen molar-refractivity contribution in [1.82, 2.24) is 14.5 Å². The van der Waals surface area contributed by atoms with E-state index in [9.17, 15) is 8.42 Å². The van der Waals surface area contributed by atoms with Crippen LogP contribution in [0.15, 0.2) is 41.6 Å². The van der Waals surface area contributed by atoms with Crippen molar-refractivity contribution in [2.45, 2.75) is 31.7 Å². The number of hydrogen-bond donors (Lipinski definition) is 1. The van der Waals surface area contributed by atoms with Crippen molar-refractivity contribution in [3.05, 3.63) is 47.8 Å². The van der Waals surface area contributed by atoms with Gasteiger partial charge in [-0.25, -0.2) is 13.1 Å². The van der Waals surface area contributed by atoms with E-state index in [1.807, 2.05) is 12.1 Å². The highest BCUT2D eigenvalue weighted by Gasteiger charge is 2.14. The lowest BCUT2D eigenvalue weighted by atomic mass is 10.0. The van der Waals surface area contributed by atoms with Gasteiger partial charge < -0.3 is 0 Å². The second kappa shape index (κ2) is 6.41. The zero-order valence-electron chi connectivity index (χ0n) is 12.6. The molecular weight excluding hydrogens is 286 g/mol. The van der Waals surface area contributed by atoms with Crippen molar-refractivity contribution in [1.29, 1.82) is 0 Å². The Morgan fingerprint density at radius 3 is 2.38 bits per heavy atom. The maximum Gasteiger partial charge on any atom is 0.240 e. The number of sulfonamides is 1. The molecule has 0 aliphatic heterocycles. The Morgan fingerprint density at radius 2 is 1.86 bits per heavy atom. The summed E-state index contributed by atoms with van der Waals surface area (Å²) in [4.78, 5) is 0.291. The predicted molar refractivity (Wildman–Crippen MR) is 82.2 cm³/mol. The van der Waals surface area contributed by atoms with E-state index in [4.69, 9.17) is 0 Å². The van der Waals surface area contributed by atoms with Gasteiger partial charge in [0.1, 0.15) is 0 Å². The van der Waals surface area contributed by atoms with Crippen LogP contribution in [0.3, 0.4) is 0 Å². The highest BCUT2D eigenvalue weighted by Crippen LogP contribution is 2.14. The van der Waals surface area contributed by atoms with E-state index in [1.165, 1.54) is 0 Å². The van der Waals surface area contributed by atoms with Gasteiger partial charge in [0.15, 0.2) is 0 Å². The van der Waals surface area contributed by atoms with E-state index in [-0.39, 0.29) is 6.54 Å². The van der Waals surface area contributed by atoms with Gasteiger partial charge in [0.2, 0.25) is 10.0 Å². The largest absolute Gasteiger partial charge is 0.275 e. The van der Waals surface area contributed by atoms with E-state index in [2.05, 4.69) is 23.7 Å². The van der Waals surface area contributed by atoms with Crippen molar-refractivity contribution < 1.29 is 8.42 Å². The Morgan fingerprint density at radius 1 is 1.19 bits per heavy atom. The van der Waals surface area contributed by atoms with Gasteiger partial charge in [0.05, 0.1) is 11.1 Å². The fourth-order valence-corrected chi connectivity index (χ4v) is 3.12. The summed E-state index contributed by atoms with van der Waals surface area (Å²) < 4.78 is 28.6. The molecule has 5 nitrogen and oxygen atoms in total. The molecule has 0 spiro atoms. The maximum absolute atomic E-state index is 12.2. The smallest absolute Gasteiger partial charge is 0.240 e. The summed E-state index contributed by atoms with van der Waals surface area (Å²) in [5.74, 6) is 0.552. The van der Waals surface area contributed by atoms with Crippen molar-refractivity contribution in [3.63, 3.8) is 0 Å². The van der Waals surface area contributed by atoms with Crippen molar-refractivity contribution >= 4 is 10.0 Å². The molecule has 114 valence electrons. The molecule has 0 saturated carbocycles. The Labute approximate surface area is 126 Å². The van der Waals surface area contributed by atoms with Gasteiger partial charge in [-0.15, -0.1) is 0 Å². The Kier molecular flexibility index (Phi) is 4.80. The minimum atomic E-state index is -3.48. The Balaban J connectivity index is 2.05. The van der Waals surface area contributed by atoms with Gasteiger partial charge in [-0.3, -0.25) is 4.68 Å². The molecule has 0 radical (unpaired) electrons. The molecule has 0 bridgehead atoms. The van der Waals surface area contributed by atoms with E-state index in [0.717, 1.165) is 17.5 Å². The van der Waals surface area contributed by atoms with E-state index in [1.54, 1.807) is 36.3 Å². The summed E-state index contributed by atoms with van der Waals surface area (Å²) in [6.07, 6.45) is 4.38. The number of benzene rings is 1. The highest BCUT2D eigenvalue weighted by molar-refractivity contribution is 7.89. The van der Waals surface area contributed by atoms with Crippen LogP contribution in [-0.4, -0.2) is 18.2 Å². The zero-order chi connectivity index (χ0) is 15.5. The molecule has 1 heterocycles. The average Bonchev–Trinajstić information content (AvgIpc) is 2.82. The number of aryl methyl sites for hydroxylation is 1. The highest BCUT2D eigenvalue weighted by atomic mass is 32.2. The van der Waals surface area contributed by atoms with Gasteiger partial charge in [0.25, 0.3) is 0 Å². The molecule has 0 unspecified atom stereocenters. The number of hydrogen-bond acceptors (Lipinski definition) is 3. The number of rotatable bonds is 6. The summed E-state index contributed by atoms with van der Waals surface area (Å²) in [6, 6.07) is 7.06. The molecule has 2 aromatic rings. The van der Waals surface area contributed by atoms with E-state index < -0.39 is 10.0 Å². The van der Waals surface area contributed by atoms with Crippen LogP contribution < -0.4 is 4.72 Å². The van der Waals surface area contributed by atoms with Crippen LogP contribution in [0.5, 0.6) is 0 Å². The van der Waals surface area contributed by atoms with Crippen LogP contribution >= 0.6 is 0 Å². The molecule has 0 aliphatic carbocycles. The average molecular weight is 307 g/mol. The topological polar surface area (TPSA) is 64.0 Å². The van der Waals surface area contributed by atoms with Crippen LogP contribution in [0, 0.1) is 5.92 Å². The summed E-state index contributed by atoms with van der Waals surface area (Å²) >= 11 is 0. The molecule has 0 fully saturated rings. The number of aromatic nitrogens is 2. The summed E-state index contributed by atoms with van der Waals surface area (Å²) in [5, 5.41) is 4.01. The van der Waals surface area contributed by atoms with Crippen LogP contribution in [-0.2, 0) is 30.0 Å². The first-order valence-corrected chi connectivity index (χ1v) is 8.41. The quantitative estimate of drug-likeness (QED) is 0.889. The normalized spacial score (nSPS) is 12.0. The molecule has 0 aliphatic rings. The minimum Gasteiger partial charge on any atom is -0.275 e. The minimum absolute atomic E-state index is 0.240. The molecule has 0 amide bonds. The molecule has 2 rings (SSSR count). The van der Waals surface area contributed by atoms with Crippen molar-refractivity contribution in [2.75, 3.05) is 0 Å². The van der Waals surface area contributed by atoms with E-state index in [0.29, 0.717) is 10.8 Å². The lowest BCUT2D eigenvalue weighted by Crippen LogP contribution is -2.23. The van der Waals surface area contributed by atoms with Crippen LogP contribution in [0.2, 0.25) is 0 Å². The fraction of sp³-hybridized carbons (Fsp3) is 0.400. The molecule has 0 saturated heterocycles. The molecule has 6 heteroatoms. The van der Waals surface area contributed by atoms with Crippen LogP contribution in [0.4, 0.5) is 0 Å². The summed E-state index contributed by atoms with van der Waals surface area (Å²) in [7, 11) is -1.68. The standard InChI is InChI=1S/C15H21N3O2S/c1-12(2)8-13-4-6-15(7-5-13)21(19,20)17-10-14-9-16-18(3)11-14/h4-7,9,11-12,17H,8,10H2,1-3H3. The lowest BCUT2D eigenvalue weighted by Gasteiger charge is -2.08. The first kappa shape index (κ1) is 15.7. The van der Waals surface area contributed by atoms with E-state index >= 15 is 0 Å². The molecule has 1 N–H and O–H groups in total.